The number of nitrogens with two attached hydrogens (primary N) is 1. The molecule has 0 fully saturated rings. The zero-order valence-electron chi connectivity index (χ0n) is 12.8. The Hall–Kier alpha value is -0.870. The summed E-state index contributed by atoms with van der Waals surface area (Å²) in [5.74, 6) is 0.869. The first-order valence-corrected chi connectivity index (χ1v) is 7.89. The molecule has 0 spiro atoms. The summed E-state index contributed by atoms with van der Waals surface area (Å²) >= 11 is 3.46. The van der Waals surface area contributed by atoms with Crippen molar-refractivity contribution in [3.8, 4) is 0 Å². The molecule has 4 heteroatoms. The van der Waals surface area contributed by atoms with Crippen LogP contribution in [0.15, 0.2) is 16.6 Å². The SMILES string of the molecule is Cc1cc(Br)cc(C)c1NC(=O)CC(CN)CC(C)C. The molecule has 0 aliphatic carbocycles. The van der Waals surface area contributed by atoms with Crippen molar-refractivity contribution in [3.63, 3.8) is 0 Å². The molecule has 3 N–H and O–H groups in total. The Morgan fingerprint density at radius 3 is 2.30 bits per heavy atom. The summed E-state index contributed by atoms with van der Waals surface area (Å²) in [6, 6.07) is 4.02. The van der Waals surface area contributed by atoms with E-state index < -0.39 is 0 Å². The number of amides is 1. The maximum atomic E-state index is 12.2. The molecule has 1 atom stereocenters. The number of anilines is 1. The van der Waals surface area contributed by atoms with Crippen LogP contribution in [0, 0.1) is 25.7 Å². The van der Waals surface area contributed by atoms with Crippen LogP contribution in [0.1, 0.15) is 37.8 Å². The molecule has 0 bridgehead atoms. The first-order chi connectivity index (χ1) is 9.33. The third-order valence-corrected chi connectivity index (χ3v) is 3.83. The summed E-state index contributed by atoms with van der Waals surface area (Å²) in [7, 11) is 0. The summed E-state index contributed by atoms with van der Waals surface area (Å²) < 4.78 is 1.03. The van der Waals surface area contributed by atoms with Crippen LogP contribution in [0.5, 0.6) is 0 Å². The number of hydrogen-bond donors (Lipinski definition) is 2. The van der Waals surface area contributed by atoms with Crippen LogP contribution < -0.4 is 11.1 Å². The summed E-state index contributed by atoms with van der Waals surface area (Å²) in [5, 5.41) is 3.03. The average molecular weight is 341 g/mol. The van der Waals surface area contributed by atoms with Gasteiger partial charge in [0.1, 0.15) is 0 Å². The van der Waals surface area contributed by atoms with Crippen LogP contribution in [0.2, 0.25) is 0 Å². The topological polar surface area (TPSA) is 55.1 Å². The van der Waals surface area contributed by atoms with Gasteiger partial charge in [0.2, 0.25) is 5.91 Å². The highest BCUT2D eigenvalue weighted by atomic mass is 79.9. The monoisotopic (exact) mass is 340 g/mol. The van der Waals surface area contributed by atoms with E-state index in [1.54, 1.807) is 0 Å². The van der Waals surface area contributed by atoms with Crippen molar-refractivity contribution in [3.05, 3.63) is 27.7 Å². The molecule has 0 aromatic heterocycles. The molecule has 1 rings (SSSR count). The molecule has 3 nitrogen and oxygen atoms in total. The van der Waals surface area contributed by atoms with Gasteiger partial charge in [0.25, 0.3) is 0 Å². The van der Waals surface area contributed by atoms with Gasteiger partial charge in [-0.05, 0) is 61.9 Å². The lowest BCUT2D eigenvalue weighted by molar-refractivity contribution is -0.117. The van der Waals surface area contributed by atoms with E-state index in [0.29, 0.717) is 18.9 Å². The predicted molar refractivity (Wildman–Crippen MR) is 88.9 cm³/mol. The van der Waals surface area contributed by atoms with E-state index >= 15 is 0 Å². The molecule has 112 valence electrons. The van der Waals surface area contributed by atoms with Gasteiger partial charge < -0.3 is 11.1 Å². The Bertz CT molecular complexity index is 449. The highest BCUT2D eigenvalue weighted by Crippen LogP contribution is 2.25. The second-order valence-corrected chi connectivity index (χ2v) is 6.81. The number of carbonyl (C=O) groups is 1. The Morgan fingerprint density at radius 1 is 1.30 bits per heavy atom. The van der Waals surface area contributed by atoms with Crippen LogP contribution in [-0.2, 0) is 4.79 Å². The second kappa shape index (κ2) is 7.79. The first kappa shape index (κ1) is 17.2. The Morgan fingerprint density at radius 2 is 1.85 bits per heavy atom. The van der Waals surface area contributed by atoms with E-state index in [4.69, 9.17) is 5.73 Å². The number of carbonyl (C=O) groups excluding carboxylic acids is 1. The highest BCUT2D eigenvalue weighted by Gasteiger charge is 2.15. The van der Waals surface area contributed by atoms with Crippen molar-refractivity contribution < 1.29 is 4.79 Å². The Balaban J connectivity index is 2.71. The van der Waals surface area contributed by atoms with Gasteiger partial charge in [-0.2, -0.15) is 0 Å². The fourth-order valence-corrected chi connectivity index (χ4v) is 3.18. The van der Waals surface area contributed by atoms with Gasteiger partial charge in [-0.1, -0.05) is 29.8 Å². The normalized spacial score (nSPS) is 12.6. The number of aryl methyl sites for hydroxylation is 2. The van der Waals surface area contributed by atoms with Gasteiger partial charge in [-0.25, -0.2) is 0 Å². The van der Waals surface area contributed by atoms with Gasteiger partial charge >= 0.3 is 0 Å². The van der Waals surface area contributed by atoms with Crippen molar-refractivity contribution in [2.24, 2.45) is 17.6 Å². The average Bonchev–Trinajstić information content (AvgIpc) is 2.32. The molecule has 0 aliphatic rings. The summed E-state index contributed by atoms with van der Waals surface area (Å²) in [5.41, 5.74) is 8.81. The van der Waals surface area contributed by atoms with Crippen LogP contribution in [0.3, 0.4) is 0 Å². The lowest BCUT2D eigenvalue weighted by atomic mass is 9.94. The van der Waals surface area contributed by atoms with E-state index in [2.05, 4.69) is 35.1 Å². The minimum atomic E-state index is 0.0506. The van der Waals surface area contributed by atoms with E-state index in [1.807, 2.05) is 26.0 Å². The van der Waals surface area contributed by atoms with Crippen LogP contribution in [0.25, 0.3) is 0 Å². The number of benzene rings is 1. The molecular weight excluding hydrogens is 316 g/mol. The molecular formula is C16H25BrN2O. The smallest absolute Gasteiger partial charge is 0.224 e. The summed E-state index contributed by atoms with van der Waals surface area (Å²) in [6.07, 6.45) is 1.48. The zero-order chi connectivity index (χ0) is 15.3. The van der Waals surface area contributed by atoms with Crippen molar-refractivity contribution >= 4 is 27.5 Å². The van der Waals surface area contributed by atoms with Gasteiger partial charge in [0.15, 0.2) is 0 Å². The molecule has 0 saturated carbocycles. The second-order valence-electron chi connectivity index (χ2n) is 5.90. The number of nitrogens with one attached hydrogen (secondary N) is 1. The summed E-state index contributed by atoms with van der Waals surface area (Å²) in [4.78, 5) is 12.2. The Labute approximate surface area is 130 Å². The van der Waals surface area contributed by atoms with E-state index in [1.165, 1.54) is 0 Å². The fourth-order valence-electron chi connectivity index (χ4n) is 2.49. The van der Waals surface area contributed by atoms with Crippen LogP contribution in [0.4, 0.5) is 5.69 Å². The van der Waals surface area contributed by atoms with Crippen molar-refractivity contribution in [1.82, 2.24) is 0 Å². The van der Waals surface area contributed by atoms with Gasteiger partial charge in [-0.15, -0.1) is 0 Å². The molecule has 0 heterocycles. The third kappa shape index (κ3) is 5.25. The lowest BCUT2D eigenvalue weighted by Crippen LogP contribution is -2.24. The maximum absolute atomic E-state index is 12.2. The fraction of sp³-hybridized carbons (Fsp3) is 0.562. The standard InChI is InChI=1S/C16H25BrN2O/c1-10(2)5-13(9-18)8-15(20)19-16-11(3)6-14(17)7-12(16)4/h6-7,10,13H,5,8-9,18H2,1-4H3,(H,19,20). The van der Waals surface area contributed by atoms with Crippen molar-refractivity contribution in [1.29, 1.82) is 0 Å². The van der Waals surface area contributed by atoms with Gasteiger partial charge in [0.05, 0.1) is 0 Å². The highest BCUT2D eigenvalue weighted by molar-refractivity contribution is 9.10. The number of rotatable bonds is 6. The van der Waals surface area contributed by atoms with Gasteiger partial charge in [0, 0.05) is 16.6 Å². The van der Waals surface area contributed by atoms with Crippen LogP contribution in [-0.4, -0.2) is 12.5 Å². The largest absolute Gasteiger partial charge is 0.330 e. The number of hydrogen-bond acceptors (Lipinski definition) is 2. The van der Waals surface area contributed by atoms with E-state index in [0.717, 1.165) is 27.7 Å². The molecule has 0 radical (unpaired) electrons. The Kier molecular flexibility index (Phi) is 6.69. The predicted octanol–water partition coefficient (Wildman–Crippen LogP) is 4.02. The first-order valence-electron chi connectivity index (χ1n) is 7.10. The molecule has 1 amide bonds. The lowest BCUT2D eigenvalue weighted by Gasteiger charge is -2.18. The maximum Gasteiger partial charge on any atom is 0.224 e. The minimum Gasteiger partial charge on any atom is -0.330 e. The van der Waals surface area contributed by atoms with Crippen molar-refractivity contribution in [2.75, 3.05) is 11.9 Å². The molecule has 0 saturated heterocycles. The van der Waals surface area contributed by atoms with Crippen molar-refractivity contribution in [2.45, 2.75) is 40.5 Å². The molecule has 20 heavy (non-hydrogen) atoms. The quantitative estimate of drug-likeness (QED) is 0.821. The molecule has 0 aliphatic heterocycles. The number of halogens is 1. The molecule has 1 aromatic rings. The summed E-state index contributed by atoms with van der Waals surface area (Å²) in [6.45, 7) is 8.88. The third-order valence-electron chi connectivity index (χ3n) is 3.37. The van der Waals surface area contributed by atoms with Gasteiger partial charge in [-0.3, -0.25) is 4.79 Å². The van der Waals surface area contributed by atoms with E-state index in [-0.39, 0.29) is 11.8 Å². The van der Waals surface area contributed by atoms with Crippen LogP contribution >= 0.6 is 15.9 Å². The molecule has 1 aromatic carbocycles. The minimum absolute atomic E-state index is 0.0506. The zero-order valence-corrected chi connectivity index (χ0v) is 14.4. The molecule has 1 unspecified atom stereocenters. The van der Waals surface area contributed by atoms with E-state index in [9.17, 15) is 4.79 Å².